The minimum atomic E-state index is 0.711. The van der Waals surface area contributed by atoms with Gasteiger partial charge < -0.3 is 4.57 Å². The molecule has 12 rings (SSSR count). The van der Waals surface area contributed by atoms with E-state index in [-0.39, 0.29) is 0 Å². The summed E-state index contributed by atoms with van der Waals surface area (Å²) in [6.45, 7) is 13.9. The molecule has 0 amide bonds. The van der Waals surface area contributed by atoms with Crippen molar-refractivity contribution in [3.63, 3.8) is 0 Å². The van der Waals surface area contributed by atoms with E-state index in [1.54, 1.807) is 37.9 Å². The van der Waals surface area contributed by atoms with Crippen LogP contribution in [-0.2, 0) is 7.05 Å². The topological polar surface area (TPSA) is 152 Å². The van der Waals surface area contributed by atoms with E-state index in [0.29, 0.717) is 5.82 Å². The maximum atomic E-state index is 4.65. The number of aromatic nitrogens is 13. The van der Waals surface area contributed by atoms with Gasteiger partial charge in [-0.15, -0.1) is 20.4 Å². The molecule has 0 bridgehead atoms. The first-order valence-corrected chi connectivity index (χ1v) is 23.9. The molecule has 13 heteroatoms. The highest BCUT2D eigenvalue weighted by atomic mass is 15.3. The Labute approximate surface area is 434 Å². The standard InChI is InChI=1S/2C14H12N2.3C7H8.3C4H5N3/c1-16-13-10-6-5-9-12(13)15-14(16)11-7-3-2-4-8-11;1-11-15-13-9-5-6-10-14(13)16(11)12-7-3-2-4-8-12;3*1-7-5-3-2-4-6-7;1-4-2-6-7-3-5-4;1-4-2-5-7-6-3-4;1-4-5-2-3-6-7-4/h2*2-10H,1H3;3*2-6H,1H3;3*2-3H,1H3. The van der Waals surface area contributed by atoms with Gasteiger partial charge in [0.25, 0.3) is 0 Å². The molecule has 74 heavy (non-hydrogen) atoms. The number of para-hydroxylation sites is 5. The number of fused-ring (bicyclic) bond motifs is 2. The molecule has 372 valence electrons. The van der Waals surface area contributed by atoms with Crippen molar-refractivity contribution in [1.82, 2.24) is 64.9 Å². The van der Waals surface area contributed by atoms with Crippen LogP contribution < -0.4 is 0 Å². The molecule has 0 saturated carbocycles. The SMILES string of the molecule is Cc1ccccc1.Cc1ccccc1.Cc1ccccc1.Cc1cnncn1.Cc1cnnnc1.Cc1nc2ccccc2n1-c1ccccc1.Cc1nccnn1.Cn1c(-c2ccccc2)nc2ccccc21. The summed E-state index contributed by atoms with van der Waals surface area (Å²) in [4.78, 5) is 16.8. The molecule has 0 fully saturated rings. The predicted molar refractivity (Wildman–Crippen MR) is 299 cm³/mol. The Morgan fingerprint density at radius 2 is 0.851 bits per heavy atom. The molecule has 12 aromatic rings. The zero-order valence-corrected chi connectivity index (χ0v) is 43.3. The Bertz CT molecular complexity index is 3030. The van der Waals surface area contributed by atoms with E-state index in [1.807, 2.05) is 148 Å². The van der Waals surface area contributed by atoms with Crippen molar-refractivity contribution in [1.29, 1.82) is 0 Å². The lowest BCUT2D eigenvalue weighted by Gasteiger charge is -2.05. The summed E-state index contributed by atoms with van der Waals surface area (Å²) in [6.07, 6.45) is 9.52. The first kappa shape index (κ1) is 55.4. The minimum absolute atomic E-state index is 0.711. The minimum Gasteiger partial charge on any atom is -0.327 e. The summed E-state index contributed by atoms with van der Waals surface area (Å²) in [6, 6.07) is 67.8. The van der Waals surface area contributed by atoms with Crippen LogP contribution >= 0.6 is 0 Å². The van der Waals surface area contributed by atoms with Crippen molar-refractivity contribution in [3.8, 4) is 17.1 Å². The van der Waals surface area contributed by atoms with Gasteiger partial charge in [0.05, 0.1) is 52.5 Å². The Morgan fingerprint density at radius 1 is 0.378 bits per heavy atom. The van der Waals surface area contributed by atoms with Gasteiger partial charge in [-0.05, 0) is 95.6 Å². The molecule has 5 aromatic heterocycles. The molecule has 0 radical (unpaired) electrons. The second kappa shape index (κ2) is 31.7. The number of benzene rings is 7. The lowest BCUT2D eigenvalue weighted by atomic mass is 10.2. The zero-order chi connectivity index (χ0) is 52.6. The zero-order valence-electron chi connectivity index (χ0n) is 43.3. The summed E-state index contributed by atoms with van der Waals surface area (Å²) in [7, 11) is 2.05. The van der Waals surface area contributed by atoms with Crippen LogP contribution in [-0.4, -0.2) is 64.9 Å². The number of rotatable bonds is 2. The molecule has 13 nitrogen and oxygen atoms in total. The lowest BCUT2D eigenvalue weighted by molar-refractivity contribution is 0.853. The van der Waals surface area contributed by atoms with E-state index in [1.165, 1.54) is 28.5 Å². The highest BCUT2D eigenvalue weighted by Gasteiger charge is 2.09. The molecule has 7 aromatic carbocycles. The molecular formula is C61H63N13. The quantitative estimate of drug-likeness (QED) is 0.163. The second-order valence-electron chi connectivity index (χ2n) is 16.4. The van der Waals surface area contributed by atoms with Crippen LogP contribution in [0.3, 0.4) is 0 Å². The van der Waals surface area contributed by atoms with Crippen LogP contribution in [0.15, 0.2) is 238 Å². The summed E-state index contributed by atoms with van der Waals surface area (Å²) in [5, 5.41) is 24.6. The fourth-order valence-electron chi connectivity index (χ4n) is 6.55. The third-order valence-corrected chi connectivity index (χ3v) is 10.2. The predicted octanol–water partition coefficient (Wildman–Crippen LogP) is 13.1. The maximum Gasteiger partial charge on any atom is 0.147 e. The number of aryl methyl sites for hydroxylation is 8. The fraction of sp³-hybridized carbons (Fsp3) is 0.131. The monoisotopic (exact) mass is 978 g/mol. The molecule has 0 atom stereocenters. The van der Waals surface area contributed by atoms with Gasteiger partial charge in [-0.3, -0.25) is 4.57 Å². The van der Waals surface area contributed by atoms with Gasteiger partial charge >= 0.3 is 0 Å². The van der Waals surface area contributed by atoms with Crippen molar-refractivity contribution >= 4 is 22.1 Å². The molecule has 0 saturated heterocycles. The third kappa shape index (κ3) is 20.1. The largest absolute Gasteiger partial charge is 0.327 e. The first-order chi connectivity index (χ1) is 36.1. The summed E-state index contributed by atoms with van der Waals surface area (Å²) in [5.74, 6) is 2.75. The van der Waals surface area contributed by atoms with Gasteiger partial charge in [0.1, 0.15) is 23.8 Å². The molecule has 5 heterocycles. The van der Waals surface area contributed by atoms with Crippen LogP contribution in [0.5, 0.6) is 0 Å². The fourth-order valence-corrected chi connectivity index (χ4v) is 6.55. The number of hydrogen-bond acceptors (Lipinski definition) is 11. The smallest absolute Gasteiger partial charge is 0.147 e. The average Bonchev–Trinajstić information content (AvgIpc) is 3.97. The molecule has 0 aliphatic rings. The normalized spacial score (nSPS) is 9.62. The first-order valence-electron chi connectivity index (χ1n) is 23.9. The van der Waals surface area contributed by atoms with Gasteiger partial charge in [-0.2, -0.15) is 10.2 Å². The van der Waals surface area contributed by atoms with E-state index in [0.717, 1.165) is 50.7 Å². The summed E-state index contributed by atoms with van der Waals surface area (Å²) in [5.41, 5.74) is 12.6. The molecule has 0 unspecified atom stereocenters. The maximum absolute atomic E-state index is 4.65. The number of imidazole rings is 2. The van der Waals surface area contributed by atoms with Gasteiger partial charge in [0.15, 0.2) is 0 Å². The Kier molecular flexibility index (Phi) is 23.7. The van der Waals surface area contributed by atoms with Crippen molar-refractivity contribution < 1.29 is 0 Å². The van der Waals surface area contributed by atoms with Crippen molar-refractivity contribution in [3.05, 3.63) is 277 Å². The number of hydrogen-bond donors (Lipinski definition) is 0. The van der Waals surface area contributed by atoms with Crippen LogP contribution in [0.25, 0.3) is 39.1 Å². The van der Waals surface area contributed by atoms with E-state index in [2.05, 4.69) is 165 Å². The highest BCUT2D eigenvalue weighted by Crippen LogP contribution is 2.23. The molecular weight excluding hydrogens is 915 g/mol. The molecule has 0 aliphatic heterocycles. The van der Waals surface area contributed by atoms with E-state index < -0.39 is 0 Å². The third-order valence-electron chi connectivity index (χ3n) is 10.2. The Balaban J connectivity index is 0.000000162. The Hall–Kier alpha value is -9.49. The molecule has 0 N–H and O–H groups in total. The number of nitrogens with zero attached hydrogens (tertiary/aromatic N) is 13. The summed E-state index contributed by atoms with van der Waals surface area (Å²) >= 11 is 0. The Morgan fingerprint density at radius 3 is 1.23 bits per heavy atom. The molecule has 0 spiro atoms. The average molecular weight is 978 g/mol. The summed E-state index contributed by atoms with van der Waals surface area (Å²) < 4.78 is 4.31. The molecule has 0 aliphatic carbocycles. The van der Waals surface area contributed by atoms with Crippen molar-refractivity contribution in [2.24, 2.45) is 7.05 Å². The van der Waals surface area contributed by atoms with Crippen LogP contribution in [0.1, 0.15) is 39.6 Å². The second-order valence-corrected chi connectivity index (χ2v) is 16.4. The highest BCUT2D eigenvalue weighted by molar-refractivity contribution is 5.80. The van der Waals surface area contributed by atoms with Gasteiger partial charge in [-0.1, -0.05) is 180 Å². The van der Waals surface area contributed by atoms with E-state index in [9.17, 15) is 0 Å². The van der Waals surface area contributed by atoms with Gasteiger partial charge in [-0.25, -0.2) is 19.9 Å². The van der Waals surface area contributed by atoms with Crippen LogP contribution in [0.2, 0.25) is 0 Å². The van der Waals surface area contributed by atoms with Crippen LogP contribution in [0.4, 0.5) is 0 Å². The van der Waals surface area contributed by atoms with Crippen LogP contribution in [0, 0.1) is 48.5 Å². The van der Waals surface area contributed by atoms with Gasteiger partial charge in [0, 0.05) is 24.5 Å². The van der Waals surface area contributed by atoms with Gasteiger partial charge in [0.2, 0.25) is 0 Å². The lowest BCUT2D eigenvalue weighted by Crippen LogP contribution is -1.95. The van der Waals surface area contributed by atoms with E-state index in [4.69, 9.17) is 0 Å². The van der Waals surface area contributed by atoms with E-state index >= 15 is 0 Å². The van der Waals surface area contributed by atoms with Crippen molar-refractivity contribution in [2.45, 2.75) is 48.5 Å². The van der Waals surface area contributed by atoms with Crippen molar-refractivity contribution in [2.75, 3.05) is 0 Å².